The van der Waals surface area contributed by atoms with E-state index in [9.17, 15) is 14.7 Å². The van der Waals surface area contributed by atoms with E-state index in [1.54, 1.807) is 38.4 Å². The van der Waals surface area contributed by atoms with Gasteiger partial charge < -0.3 is 20.5 Å². The van der Waals surface area contributed by atoms with Crippen molar-refractivity contribution in [1.82, 2.24) is 25.6 Å². The summed E-state index contributed by atoms with van der Waals surface area (Å²) in [6.07, 6.45) is 10.2. The predicted molar refractivity (Wildman–Crippen MR) is 128 cm³/mol. The van der Waals surface area contributed by atoms with Crippen LogP contribution in [-0.4, -0.2) is 55.2 Å². The normalized spacial score (nSPS) is 29.0. The van der Waals surface area contributed by atoms with Crippen LogP contribution in [0.25, 0.3) is 0 Å². The van der Waals surface area contributed by atoms with E-state index in [1.807, 2.05) is 6.92 Å². The first kappa shape index (κ1) is 23.7. The van der Waals surface area contributed by atoms with E-state index in [0.29, 0.717) is 35.4 Å². The van der Waals surface area contributed by atoms with Crippen LogP contribution in [0.15, 0.2) is 30.7 Å². The average Bonchev–Trinajstić information content (AvgIpc) is 2.76. The zero-order valence-corrected chi connectivity index (χ0v) is 20.5. The highest BCUT2D eigenvalue weighted by atomic mass is 16.5. The standard InChI is InChI=1S/C26H33N5O4/c1-16-12-27-13-21(29-16)23(33)31-26-10-17-6-18(11-26)9-25(8-17,14-26)30-22(32)20-7-19(4-5-28-20)35-15-24(2,3)34/h4-5,7,12-13,17-18,34H,6,8-11,14-15H2,1-3H3,(H,30,32)(H,31,33). The second-order valence-corrected chi connectivity index (χ2v) is 11.5. The van der Waals surface area contributed by atoms with Crippen LogP contribution < -0.4 is 15.4 Å². The zero-order chi connectivity index (χ0) is 24.8. The van der Waals surface area contributed by atoms with E-state index < -0.39 is 5.60 Å². The van der Waals surface area contributed by atoms with Crippen molar-refractivity contribution in [3.8, 4) is 5.75 Å². The van der Waals surface area contributed by atoms with Gasteiger partial charge in [0.05, 0.1) is 17.5 Å². The summed E-state index contributed by atoms with van der Waals surface area (Å²) in [6, 6.07) is 3.28. The third kappa shape index (κ3) is 5.15. The number of amides is 2. The number of aryl methyl sites for hydroxylation is 1. The highest BCUT2D eigenvalue weighted by Crippen LogP contribution is 2.57. The molecular formula is C26H33N5O4. The highest BCUT2D eigenvalue weighted by molar-refractivity contribution is 5.94. The number of hydrogen-bond acceptors (Lipinski definition) is 7. The molecule has 2 heterocycles. The highest BCUT2D eigenvalue weighted by Gasteiger charge is 2.59. The Kier molecular flexibility index (Phi) is 5.78. The van der Waals surface area contributed by atoms with Crippen LogP contribution in [0.2, 0.25) is 0 Å². The minimum Gasteiger partial charge on any atom is -0.490 e. The van der Waals surface area contributed by atoms with Crippen molar-refractivity contribution in [1.29, 1.82) is 0 Å². The van der Waals surface area contributed by atoms with Gasteiger partial charge in [0.15, 0.2) is 0 Å². The van der Waals surface area contributed by atoms with Gasteiger partial charge in [-0.15, -0.1) is 0 Å². The van der Waals surface area contributed by atoms with Crippen molar-refractivity contribution < 1.29 is 19.4 Å². The SMILES string of the molecule is Cc1cncc(C(=O)NC23CC4CC(CC(NC(=O)c5cc(OCC(C)(C)O)ccn5)(C4)C2)C3)n1. The molecule has 0 radical (unpaired) electrons. The summed E-state index contributed by atoms with van der Waals surface area (Å²) in [5.41, 5.74) is -0.405. The second-order valence-electron chi connectivity index (χ2n) is 11.5. The molecule has 4 saturated carbocycles. The first-order chi connectivity index (χ1) is 16.5. The smallest absolute Gasteiger partial charge is 0.271 e. The molecule has 2 atom stereocenters. The number of aliphatic hydroxyl groups is 1. The maximum absolute atomic E-state index is 13.3. The van der Waals surface area contributed by atoms with Crippen LogP contribution in [0.3, 0.4) is 0 Å². The van der Waals surface area contributed by atoms with E-state index in [0.717, 1.165) is 32.1 Å². The van der Waals surface area contributed by atoms with Gasteiger partial charge in [-0.05, 0) is 77.2 Å². The lowest BCUT2D eigenvalue weighted by atomic mass is 9.49. The number of aromatic nitrogens is 3. The van der Waals surface area contributed by atoms with Crippen LogP contribution in [0.5, 0.6) is 5.75 Å². The summed E-state index contributed by atoms with van der Waals surface area (Å²) in [5.74, 6) is 0.945. The summed E-state index contributed by atoms with van der Waals surface area (Å²) in [4.78, 5) is 39.0. The molecule has 0 aromatic carbocycles. The fourth-order valence-corrected chi connectivity index (χ4v) is 6.62. The summed E-state index contributed by atoms with van der Waals surface area (Å²) in [5, 5.41) is 16.5. The Hall–Kier alpha value is -3.07. The molecule has 9 nitrogen and oxygen atoms in total. The Morgan fingerprint density at radius 3 is 2.31 bits per heavy atom. The van der Waals surface area contributed by atoms with Crippen LogP contribution >= 0.6 is 0 Å². The molecule has 4 fully saturated rings. The van der Waals surface area contributed by atoms with E-state index >= 15 is 0 Å². The quantitative estimate of drug-likeness (QED) is 0.557. The molecule has 0 spiro atoms. The maximum atomic E-state index is 13.3. The summed E-state index contributed by atoms with van der Waals surface area (Å²) < 4.78 is 5.64. The predicted octanol–water partition coefficient (Wildman–Crippen LogP) is 2.58. The molecule has 0 aliphatic heterocycles. The molecule has 4 aliphatic rings. The number of hydrogen-bond donors (Lipinski definition) is 3. The van der Waals surface area contributed by atoms with Crippen LogP contribution in [0.1, 0.15) is 79.0 Å². The first-order valence-corrected chi connectivity index (χ1v) is 12.3. The number of pyridine rings is 1. The Labute approximate surface area is 205 Å². The van der Waals surface area contributed by atoms with Crippen LogP contribution in [0.4, 0.5) is 0 Å². The minimum atomic E-state index is -0.979. The molecule has 2 aromatic heterocycles. The number of carbonyl (C=O) groups is 2. The molecule has 0 saturated heterocycles. The monoisotopic (exact) mass is 479 g/mol. The molecular weight excluding hydrogens is 446 g/mol. The van der Waals surface area contributed by atoms with Gasteiger partial charge in [-0.1, -0.05) is 0 Å². The molecule has 2 unspecified atom stereocenters. The topological polar surface area (TPSA) is 126 Å². The molecule has 4 bridgehead atoms. The molecule has 3 N–H and O–H groups in total. The Bertz CT molecular complexity index is 1130. The maximum Gasteiger partial charge on any atom is 0.271 e. The Morgan fingerprint density at radius 2 is 1.71 bits per heavy atom. The average molecular weight is 480 g/mol. The molecule has 4 aliphatic carbocycles. The van der Waals surface area contributed by atoms with Crippen LogP contribution in [-0.2, 0) is 0 Å². The number of nitrogens with zero attached hydrogens (tertiary/aromatic N) is 3. The van der Waals surface area contributed by atoms with Gasteiger partial charge in [-0.25, -0.2) is 4.98 Å². The van der Waals surface area contributed by atoms with Crippen molar-refractivity contribution in [2.45, 2.75) is 76.0 Å². The third-order valence-corrected chi connectivity index (χ3v) is 7.36. The van der Waals surface area contributed by atoms with Crippen molar-refractivity contribution in [3.05, 3.63) is 47.8 Å². The molecule has 6 rings (SSSR count). The van der Waals surface area contributed by atoms with E-state index in [2.05, 4.69) is 25.6 Å². The number of rotatable bonds is 7. The van der Waals surface area contributed by atoms with Gasteiger partial charge in [0.1, 0.15) is 23.7 Å². The summed E-state index contributed by atoms with van der Waals surface area (Å²) >= 11 is 0. The molecule has 186 valence electrons. The van der Waals surface area contributed by atoms with Gasteiger partial charge >= 0.3 is 0 Å². The Balaban J connectivity index is 1.32. The second kappa shape index (κ2) is 8.55. The molecule has 9 heteroatoms. The number of nitrogens with one attached hydrogen (secondary N) is 2. The van der Waals surface area contributed by atoms with Crippen molar-refractivity contribution in [2.24, 2.45) is 11.8 Å². The third-order valence-electron chi connectivity index (χ3n) is 7.36. The van der Waals surface area contributed by atoms with Gasteiger partial charge in [-0.2, -0.15) is 0 Å². The summed E-state index contributed by atoms with van der Waals surface area (Å²) in [6.45, 7) is 5.25. The van der Waals surface area contributed by atoms with Gasteiger partial charge in [0.2, 0.25) is 0 Å². The fourth-order valence-electron chi connectivity index (χ4n) is 6.62. The van der Waals surface area contributed by atoms with Crippen LogP contribution in [0, 0.1) is 18.8 Å². The zero-order valence-electron chi connectivity index (χ0n) is 20.5. The largest absolute Gasteiger partial charge is 0.490 e. The van der Waals surface area contributed by atoms with Gasteiger partial charge in [-0.3, -0.25) is 19.6 Å². The minimum absolute atomic E-state index is 0.110. The van der Waals surface area contributed by atoms with Crippen molar-refractivity contribution in [3.63, 3.8) is 0 Å². The van der Waals surface area contributed by atoms with E-state index in [1.165, 1.54) is 6.20 Å². The van der Waals surface area contributed by atoms with Gasteiger partial charge in [0, 0.05) is 29.5 Å². The molecule has 2 amide bonds. The van der Waals surface area contributed by atoms with Crippen molar-refractivity contribution in [2.75, 3.05) is 6.61 Å². The number of ether oxygens (including phenoxy) is 1. The lowest BCUT2D eigenvalue weighted by Crippen LogP contribution is -2.70. The lowest BCUT2D eigenvalue weighted by Gasteiger charge is -2.62. The molecule has 35 heavy (non-hydrogen) atoms. The first-order valence-electron chi connectivity index (χ1n) is 12.3. The van der Waals surface area contributed by atoms with E-state index in [4.69, 9.17) is 4.74 Å². The fraction of sp³-hybridized carbons (Fsp3) is 0.577. The van der Waals surface area contributed by atoms with E-state index in [-0.39, 0.29) is 35.2 Å². The Morgan fingerprint density at radius 1 is 1.09 bits per heavy atom. The lowest BCUT2D eigenvalue weighted by molar-refractivity contribution is -0.0449. The number of carbonyl (C=O) groups excluding carboxylic acids is 2. The molecule has 2 aromatic rings. The van der Waals surface area contributed by atoms with Crippen molar-refractivity contribution >= 4 is 11.8 Å². The summed E-state index contributed by atoms with van der Waals surface area (Å²) in [7, 11) is 0. The van der Waals surface area contributed by atoms with Gasteiger partial charge in [0.25, 0.3) is 11.8 Å².